The molecule has 0 atom stereocenters. The summed E-state index contributed by atoms with van der Waals surface area (Å²) in [5.41, 5.74) is 0. The largest absolute Gasteiger partial charge is 0.271 e. The molecule has 0 N–H and O–H groups in total. The zero-order valence-electron chi connectivity index (χ0n) is 7.64. The van der Waals surface area contributed by atoms with Crippen molar-refractivity contribution < 1.29 is 0 Å². The molecule has 2 nitrogen and oxygen atoms in total. The van der Waals surface area contributed by atoms with Gasteiger partial charge in [0.1, 0.15) is 5.84 Å². The highest BCUT2D eigenvalue weighted by atomic mass is 14.9. The van der Waals surface area contributed by atoms with Crippen LogP contribution in [0.15, 0.2) is 9.98 Å². The first-order chi connectivity index (χ1) is 5.35. The van der Waals surface area contributed by atoms with Crippen LogP contribution in [0.3, 0.4) is 0 Å². The monoisotopic (exact) mass is 154 g/mol. The fourth-order valence-electron chi connectivity index (χ4n) is 0.798. The first-order valence-electron chi connectivity index (χ1n) is 4.35. The molecule has 0 unspecified atom stereocenters. The summed E-state index contributed by atoms with van der Waals surface area (Å²) < 4.78 is 0. The van der Waals surface area contributed by atoms with Crippen LogP contribution in [0.2, 0.25) is 0 Å². The molecule has 0 aliphatic rings. The van der Waals surface area contributed by atoms with E-state index in [1.54, 1.807) is 0 Å². The van der Waals surface area contributed by atoms with E-state index in [9.17, 15) is 0 Å². The number of nitrogens with zero attached hydrogens (tertiary/aromatic N) is 2. The van der Waals surface area contributed by atoms with Crippen LogP contribution in [0.5, 0.6) is 0 Å². The van der Waals surface area contributed by atoms with Crippen molar-refractivity contribution in [3.05, 3.63) is 0 Å². The topological polar surface area (TPSA) is 24.7 Å². The lowest BCUT2D eigenvalue weighted by Crippen LogP contribution is -1.94. The average Bonchev–Trinajstić information content (AvgIpc) is 2.03. The van der Waals surface area contributed by atoms with Crippen molar-refractivity contribution in [2.24, 2.45) is 9.98 Å². The minimum Gasteiger partial charge on any atom is -0.271 e. The van der Waals surface area contributed by atoms with Crippen molar-refractivity contribution in [1.29, 1.82) is 0 Å². The van der Waals surface area contributed by atoms with E-state index in [0.717, 1.165) is 31.6 Å². The SMILES string of the molecule is C=NC(CCC)=NCCCC. The second-order valence-corrected chi connectivity index (χ2v) is 2.56. The van der Waals surface area contributed by atoms with Crippen LogP contribution >= 0.6 is 0 Å². The Bertz CT molecular complexity index is 128. The lowest BCUT2D eigenvalue weighted by Gasteiger charge is -1.96. The average molecular weight is 154 g/mol. The Morgan fingerprint density at radius 2 is 2.00 bits per heavy atom. The normalized spacial score (nSPS) is 11.6. The van der Waals surface area contributed by atoms with E-state index in [2.05, 4.69) is 30.5 Å². The van der Waals surface area contributed by atoms with Gasteiger partial charge in [-0.25, -0.2) is 4.99 Å². The van der Waals surface area contributed by atoms with Gasteiger partial charge < -0.3 is 0 Å². The Balaban J connectivity index is 3.61. The molecule has 0 aromatic carbocycles. The molecule has 0 aliphatic carbocycles. The van der Waals surface area contributed by atoms with Crippen molar-refractivity contribution in [2.45, 2.75) is 39.5 Å². The summed E-state index contributed by atoms with van der Waals surface area (Å²) in [5, 5.41) is 0. The molecular formula is C9H18N2. The molecule has 0 rings (SSSR count). The van der Waals surface area contributed by atoms with Gasteiger partial charge in [0, 0.05) is 13.0 Å². The van der Waals surface area contributed by atoms with Crippen LogP contribution in [0, 0.1) is 0 Å². The van der Waals surface area contributed by atoms with Gasteiger partial charge in [-0.05, 0) is 19.6 Å². The summed E-state index contributed by atoms with van der Waals surface area (Å²) in [4.78, 5) is 8.16. The number of rotatable bonds is 5. The summed E-state index contributed by atoms with van der Waals surface area (Å²) in [6.45, 7) is 8.67. The van der Waals surface area contributed by atoms with Gasteiger partial charge in [-0.3, -0.25) is 4.99 Å². The van der Waals surface area contributed by atoms with Gasteiger partial charge in [0.2, 0.25) is 0 Å². The Labute approximate surface area is 69.4 Å². The van der Waals surface area contributed by atoms with Crippen molar-refractivity contribution >= 4 is 12.6 Å². The molecule has 0 saturated heterocycles. The van der Waals surface area contributed by atoms with Crippen molar-refractivity contribution in [1.82, 2.24) is 0 Å². The predicted octanol–water partition coefficient (Wildman–Crippen LogP) is 2.69. The summed E-state index contributed by atoms with van der Waals surface area (Å²) in [6.07, 6.45) is 4.42. The number of unbranched alkanes of at least 4 members (excludes halogenated alkanes) is 1. The fraction of sp³-hybridized carbons (Fsp3) is 0.778. The van der Waals surface area contributed by atoms with Gasteiger partial charge in [0.25, 0.3) is 0 Å². The van der Waals surface area contributed by atoms with Gasteiger partial charge in [-0.1, -0.05) is 20.3 Å². The van der Waals surface area contributed by atoms with Gasteiger partial charge in [-0.2, -0.15) is 0 Å². The van der Waals surface area contributed by atoms with Crippen LogP contribution in [0.1, 0.15) is 39.5 Å². The maximum atomic E-state index is 4.31. The standard InChI is InChI=1S/C9H18N2/c1-4-6-8-11-9(10-3)7-5-2/h3-8H2,1-2H3. The highest BCUT2D eigenvalue weighted by Crippen LogP contribution is 1.95. The zero-order valence-corrected chi connectivity index (χ0v) is 7.64. The number of amidine groups is 1. The maximum Gasteiger partial charge on any atom is 0.122 e. The Kier molecular flexibility index (Phi) is 7.00. The summed E-state index contributed by atoms with van der Waals surface area (Å²) >= 11 is 0. The minimum absolute atomic E-state index is 0.908. The van der Waals surface area contributed by atoms with E-state index in [-0.39, 0.29) is 0 Å². The first kappa shape index (κ1) is 10.3. The lowest BCUT2D eigenvalue weighted by atomic mass is 10.3. The van der Waals surface area contributed by atoms with Crippen molar-refractivity contribution in [3.8, 4) is 0 Å². The fourth-order valence-corrected chi connectivity index (χ4v) is 0.798. The molecule has 0 radical (unpaired) electrons. The summed E-state index contributed by atoms with van der Waals surface area (Å²) in [5.74, 6) is 0.918. The molecule has 0 heterocycles. The summed E-state index contributed by atoms with van der Waals surface area (Å²) in [6, 6.07) is 0. The number of hydrogen-bond donors (Lipinski definition) is 0. The second-order valence-electron chi connectivity index (χ2n) is 2.56. The van der Waals surface area contributed by atoms with E-state index in [4.69, 9.17) is 0 Å². The van der Waals surface area contributed by atoms with Gasteiger partial charge >= 0.3 is 0 Å². The molecule has 0 aromatic heterocycles. The Morgan fingerprint density at radius 3 is 2.45 bits per heavy atom. The van der Waals surface area contributed by atoms with E-state index < -0.39 is 0 Å². The lowest BCUT2D eigenvalue weighted by molar-refractivity contribution is 0.802. The highest BCUT2D eigenvalue weighted by molar-refractivity contribution is 5.86. The van der Waals surface area contributed by atoms with Crippen molar-refractivity contribution in [2.75, 3.05) is 6.54 Å². The van der Waals surface area contributed by atoms with E-state index in [1.165, 1.54) is 6.42 Å². The van der Waals surface area contributed by atoms with E-state index in [0.29, 0.717) is 0 Å². The smallest absolute Gasteiger partial charge is 0.122 e. The molecule has 2 heteroatoms. The third kappa shape index (κ3) is 5.77. The molecule has 0 bridgehead atoms. The summed E-state index contributed by atoms with van der Waals surface area (Å²) in [7, 11) is 0. The Hall–Kier alpha value is -0.660. The zero-order chi connectivity index (χ0) is 8.53. The van der Waals surface area contributed by atoms with Crippen LogP contribution in [-0.4, -0.2) is 19.1 Å². The second kappa shape index (κ2) is 7.45. The van der Waals surface area contributed by atoms with Crippen LogP contribution in [0.4, 0.5) is 0 Å². The molecule has 0 fully saturated rings. The third-order valence-electron chi connectivity index (χ3n) is 1.46. The number of hydrogen-bond acceptors (Lipinski definition) is 1. The molecule has 0 aromatic rings. The van der Waals surface area contributed by atoms with Crippen LogP contribution in [0.25, 0.3) is 0 Å². The third-order valence-corrected chi connectivity index (χ3v) is 1.46. The molecular weight excluding hydrogens is 136 g/mol. The van der Waals surface area contributed by atoms with E-state index in [1.807, 2.05) is 0 Å². The first-order valence-corrected chi connectivity index (χ1v) is 4.35. The quantitative estimate of drug-likeness (QED) is 0.330. The molecule has 64 valence electrons. The van der Waals surface area contributed by atoms with Crippen LogP contribution in [-0.2, 0) is 0 Å². The molecule has 11 heavy (non-hydrogen) atoms. The Morgan fingerprint density at radius 1 is 1.27 bits per heavy atom. The molecule has 0 saturated carbocycles. The van der Waals surface area contributed by atoms with Gasteiger partial charge in [0.15, 0.2) is 0 Å². The maximum absolute atomic E-state index is 4.31. The number of aliphatic imine (C=N–C) groups is 2. The van der Waals surface area contributed by atoms with Crippen LogP contribution < -0.4 is 0 Å². The van der Waals surface area contributed by atoms with Gasteiger partial charge in [0.05, 0.1) is 0 Å². The minimum atomic E-state index is 0.908. The van der Waals surface area contributed by atoms with Gasteiger partial charge in [-0.15, -0.1) is 0 Å². The highest BCUT2D eigenvalue weighted by Gasteiger charge is 1.90. The molecule has 0 spiro atoms. The molecule has 0 aliphatic heterocycles. The van der Waals surface area contributed by atoms with Crippen molar-refractivity contribution in [3.63, 3.8) is 0 Å². The predicted molar refractivity (Wildman–Crippen MR) is 51.7 cm³/mol. The molecule has 0 amide bonds. The van der Waals surface area contributed by atoms with E-state index >= 15 is 0 Å².